The summed E-state index contributed by atoms with van der Waals surface area (Å²) in [5.41, 5.74) is 1.91. The normalized spacial score (nSPS) is 25.1. The van der Waals surface area contributed by atoms with Crippen molar-refractivity contribution in [3.05, 3.63) is 35.8 Å². The number of anilines is 1. The lowest BCUT2D eigenvalue weighted by molar-refractivity contribution is -0.117. The van der Waals surface area contributed by atoms with Gasteiger partial charge >= 0.3 is 0 Å². The number of carbonyl (C=O) groups excluding carboxylic acids is 1. The smallest absolute Gasteiger partial charge is 0.224 e. The number of benzene rings is 1. The van der Waals surface area contributed by atoms with Crippen molar-refractivity contribution in [3.63, 3.8) is 0 Å². The second-order valence-corrected chi connectivity index (χ2v) is 7.54. The van der Waals surface area contributed by atoms with Gasteiger partial charge in [-0.05, 0) is 43.7 Å². The molecule has 0 saturated carbocycles. The number of halogens is 1. The van der Waals surface area contributed by atoms with Crippen LogP contribution in [0.2, 0.25) is 0 Å². The molecule has 4 rings (SSSR count). The number of aromatic nitrogens is 1. The molecular formula is C18H22ClN3OS. The fraction of sp³-hybridized carbons (Fsp3) is 0.444. The summed E-state index contributed by atoms with van der Waals surface area (Å²) in [6, 6.07) is 9.22. The molecule has 24 heavy (non-hydrogen) atoms. The quantitative estimate of drug-likeness (QED) is 0.860. The first-order chi connectivity index (χ1) is 11.3. The van der Waals surface area contributed by atoms with E-state index >= 15 is 0 Å². The zero-order chi connectivity index (χ0) is 15.6. The van der Waals surface area contributed by atoms with Crippen molar-refractivity contribution in [2.45, 2.75) is 44.2 Å². The molecule has 2 bridgehead atoms. The monoisotopic (exact) mass is 363 g/mol. The molecule has 2 aromatic rings. The molecule has 128 valence electrons. The zero-order valence-electron chi connectivity index (χ0n) is 13.4. The molecule has 2 unspecified atom stereocenters. The van der Waals surface area contributed by atoms with E-state index in [1.54, 1.807) is 17.5 Å². The summed E-state index contributed by atoms with van der Waals surface area (Å²) in [6.45, 7) is 0. The van der Waals surface area contributed by atoms with E-state index in [1.807, 2.05) is 29.6 Å². The van der Waals surface area contributed by atoms with Gasteiger partial charge in [-0.2, -0.15) is 0 Å². The molecule has 1 aromatic carbocycles. The van der Waals surface area contributed by atoms with Crippen LogP contribution in [0.5, 0.6) is 0 Å². The molecule has 3 heterocycles. The summed E-state index contributed by atoms with van der Waals surface area (Å²) in [4.78, 5) is 16.7. The maximum atomic E-state index is 12.4. The molecule has 1 aromatic heterocycles. The fourth-order valence-corrected chi connectivity index (χ4v) is 4.55. The SMILES string of the molecule is Cl.O=C(CC1CC2CCC(C1)N2)Nc1cccc(-c2nccs2)c1. The molecule has 2 N–H and O–H groups in total. The zero-order valence-corrected chi connectivity index (χ0v) is 15.0. The van der Waals surface area contributed by atoms with Crippen LogP contribution < -0.4 is 10.6 Å². The predicted molar refractivity (Wildman–Crippen MR) is 101 cm³/mol. The van der Waals surface area contributed by atoms with Crippen molar-refractivity contribution in [3.8, 4) is 10.6 Å². The van der Waals surface area contributed by atoms with Gasteiger partial charge in [0, 0.05) is 41.3 Å². The van der Waals surface area contributed by atoms with Crippen molar-refractivity contribution in [2.75, 3.05) is 5.32 Å². The summed E-state index contributed by atoms with van der Waals surface area (Å²) in [7, 11) is 0. The van der Waals surface area contributed by atoms with Gasteiger partial charge in [-0.3, -0.25) is 4.79 Å². The van der Waals surface area contributed by atoms with E-state index in [4.69, 9.17) is 0 Å². The number of nitrogens with one attached hydrogen (secondary N) is 2. The number of hydrogen-bond acceptors (Lipinski definition) is 4. The molecule has 2 aliphatic rings. The number of thiazole rings is 1. The molecule has 0 radical (unpaired) electrons. The van der Waals surface area contributed by atoms with Gasteiger partial charge in [-0.1, -0.05) is 12.1 Å². The van der Waals surface area contributed by atoms with Gasteiger partial charge in [-0.25, -0.2) is 4.98 Å². The van der Waals surface area contributed by atoms with Gasteiger partial charge in [0.2, 0.25) is 5.91 Å². The highest BCUT2D eigenvalue weighted by Gasteiger charge is 2.34. The van der Waals surface area contributed by atoms with E-state index in [9.17, 15) is 4.79 Å². The molecule has 2 fully saturated rings. The maximum Gasteiger partial charge on any atom is 0.224 e. The summed E-state index contributed by atoms with van der Waals surface area (Å²) in [5, 5.41) is 9.63. The highest BCUT2D eigenvalue weighted by atomic mass is 35.5. The van der Waals surface area contributed by atoms with E-state index < -0.39 is 0 Å². The number of rotatable bonds is 4. The van der Waals surface area contributed by atoms with Crippen molar-refractivity contribution in [1.29, 1.82) is 0 Å². The highest BCUT2D eigenvalue weighted by Crippen LogP contribution is 2.33. The molecule has 1 amide bonds. The number of hydrogen-bond donors (Lipinski definition) is 2. The van der Waals surface area contributed by atoms with E-state index in [-0.39, 0.29) is 18.3 Å². The minimum atomic E-state index is 0. The Labute approximate surface area is 152 Å². The molecule has 4 nitrogen and oxygen atoms in total. The first-order valence-corrected chi connectivity index (χ1v) is 9.20. The van der Waals surface area contributed by atoms with Gasteiger partial charge in [-0.15, -0.1) is 23.7 Å². The second-order valence-electron chi connectivity index (χ2n) is 6.65. The number of fused-ring (bicyclic) bond motifs is 2. The molecule has 2 aliphatic heterocycles. The first-order valence-electron chi connectivity index (χ1n) is 8.32. The Kier molecular flexibility index (Phi) is 5.54. The van der Waals surface area contributed by atoms with Gasteiger partial charge in [0.15, 0.2) is 0 Å². The molecule has 2 saturated heterocycles. The van der Waals surface area contributed by atoms with Gasteiger partial charge < -0.3 is 10.6 Å². The third kappa shape index (κ3) is 3.97. The van der Waals surface area contributed by atoms with Crippen molar-refractivity contribution < 1.29 is 4.79 Å². The largest absolute Gasteiger partial charge is 0.326 e. The summed E-state index contributed by atoms with van der Waals surface area (Å²) >= 11 is 1.61. The Morgan fingerprint density at radius 2 is 2.08 bits per heavy atom. The minimum Gasteiger partial charge on any atom is -0.326 e. The van der Waals surface area contributed by atoms with Crippen molar-refractivity contribution in [1.82, 2.24) is 10.3 Å². The van der Waals surface area contributed by atoms with Crippen LogP contribution in [-0.4, -0.2) is 23.0 Å². The standard InChI is InChI=1S/C18H21N3OS.ClH/c22-17(10-12-8-15-4-5-16(9-12)20-15)21-14-3-1-2-13(11-14)18-19-6-7-23-18;/h1-3,6-7,11-12,15-16,20H,4-5,8-10H2,(H,21,22);1H. The number of carbonyl (C=O) groups is 1. The number of nitrogens with zero attached hydrogens (tertiary/aromatic N) is 1. The van der Waals surface area contributed by atoms with Crippen molar-refractivity contribution >= 4 is 35.3 Å². The van der Waals surface area contributed by atoms with E-state index in [1.165, 1.54) is 12.8 Å². The minimum absolute atomic E-state index is 0. The summed E-state index contributed by atoms with van der Waals surface area (Å²) < 4.78 is 0. The predicted octanol–water partition coefficient (Wildman–Crippen LogP) is 4.09. The molecule has 0 aliphatic carbocycles. The van der Waals surface area contributed by atoms with Crippen LogP contribution in [0.4, 0.5) is 5.69 Å². The molecule has 0 spiro atoms. The lowest BCUT2D eigenvalue weighted by Gasteiger charge is -2.28. The maximum absolute atomic E-state index is 12.4. The lowest BCUT2D eigenvalue weighted by atomic mass is 9.89. The van der Waals surface area contributed by atoms with Gasteiger partial charge in [0.1, 0.15) is 5.01 Å². The average molecular weight is 364 g/mol. The van der Waals surface area contributed by atoms with Crippen LogP contribution in [0.25, 0.3) is 10.6 Å². The van der Waals surface area contributed by atoms with Gasteiger partial charge in [0.05, 0.1) is 0 Å². The van der Waals surface area contributed by atoms with Gasteiger partial charge in [0.25, 0.3) is 0 Å². The highest BCUT2D eigenvalue weighted by molar-refractivity contribution is 7.13. The van der Waals surface area contributed by atoms with Crippen LogP contribution in [0.15, 0.2) is 35.8 Å². The van der Waals surface area contributed by atoms with E-state index in [0.717, 1.165) is 29.1 Å². The first kappa shape index (κ1) is 17.4. The number of piperidine rings is 1. The van der Waals surface area contributed by atoms with Crippen LogP contribution in [0.3, 0.4) is 0 Å². The molecule has 2 atom stereocenters. The number of amides is 1. The average Bonchev–Trinajstić information content (AvgIpc) is 3.17. The second kappa shape index (κ2) is 7.64. The van der Waals surface area contributed by atoms with Crippen LogP contribution >= 0.6 is 23.7 Å². The molecule has 6 heteroatoms. The Hall–Kier alpha value is -1.43. The summed E-state index contributed by atoms with van der Waals surface area (Å²) in [6.07, 6.45) is 7.27. The Balaban J connectivity index is 0.00000169. The topological polar surface area (TPSA) is 54.0 Å². The van der Waals surface area contributed by atoms with Crippen LogP contribution in [0.1, 0.15) is 32.1 Å². The molecular weight excluding hydrogens is 342 g/mol. The van der Waals surface area contributed by atoms with Crippen LogP contribution in [-0.2, 0) is 4.79 Å². The van der Waals surface area contributed by atoms with Crippen molar-refractivity contribution in [2.24, 2.45) is 5.92 Å². The third-order valence-corrected chi connectivity index (χ3v) is 5.69. The summed E-state index contributed by atoms with van der Waals surface area (Å²) in [5.74, 6) is 0.656. The lowest BCUT2D eigenvalue weighted by Crippen LogP contribution is -2.39. The Bertz CT molecular complexity index is 679. The van der Waals surface area contributed by atoms with Crippen LogP contribution in [0, 0.1) is 5.92 Å². The van der Waals surface area contributed by atoms with E-state index in [0.29, 0.717) is 24.4 Å². The van der Waals surface area contributed by atoms with E-state index in [2.05, 4.69) is 15.6 Å². The Morgan fingerprint density at radius 1 is 1.29 bits per heavy atom. The Morgan fingerprint density at radius 3 is 2.79 bits per heavy atom. The fourth-order valence-electron chi connectivity index (χ4n) is 3.91. The third-order valence-electron chi connectivity index (χ3n) is 4.87.